The maximum absolute atomic E-state index is 3.61. The molecule has 82 valence electrons. The lowest BCUT2D eigenvalue weighted by atomic mass is 10.0. The Morgan fingerprint density at radius 2 is 2.07 bits per heavy atom. The zero-order chi connectivity index (χ0) is 10.7. The smallest absolute Gasteiger partial charge is 0.0236 e. The molecule has 0 aliphatic carbocycles. The lowest BCUT2D eigenvalue weighted by Crippen LogP contribution is -2.54. The van der Waals surface area contributed by atoms with Crippen molar-refractivity contribution in [3.8, 4) is 0 Å². The Morgan fingerprint density at radius 3 is 2.73 bits per heavy atom. The molecule has 0 unspecified atom stereocenters. The van der Waals surface area contributed by atoms with Crippen molar-refractivity contribution in [2.75, 3.05) is 20.1 Å². The Labute approximate surface area is 92.3 Å². The highest BCUT2D eigenvalue weighted by atomic mass is 15.2. The van der Waals surface area contributed by atoms with E-state index in [1.54, 1.807) is 0 Å². The topological polar surface area (TPSA) is 15.3 Å². The van der Waals surface area contributed by atoms with Crippen molar-refractivity contribution in [1.29, 1.82) is 0 Å². The summed E-state index contributed by atoms with van der Waals surface area (Å²) in [5.41, 5.74) is 1.43. The minimum absolute atomic E-state index is 0.605. The lowest BCUT2D eigenvalue weighted by molar-refractivity contribution is 0.175. The summed E-state index contributed by atoms with van der Waals surface area (Å²) < 4.78 is 0. The van der Waals surface area contributed by atoms with E-state index in [0.29, 0.717) is 12.1 Å². The molecule has 1 aromatic carbocycles. The minimum atomic E-state index is 0.605. The zero-order valence-corrected chi connectivity index (χ0v) is 9.61. The Hall–Kier alpha value is -0.860. The molecular formula is C13H20N2. The van der Waals surface area contributed by atoms with Crippen LogP contribution in [0.3, 0.4) is 0 Å². The fourth-order valence-corrected chi connectivity index (χ4v) is 2.12. The number of rotatable bonds is 2. The maximum Gasteiger partial charge on any atom is 0.0236 e. The molecule has 0 saturated carbocycles. The average molecular weight is 204 g/mol. The molecule has 1 fully saturated rings. The first-order valence-electron chi connectivity index (χ1n) is 5.73. The van der Waals surface area contributed by atoms with Crippen molar-refractivity contribution >= 4 is 0 Å². The second-order valence-electron chi connectivity index (χ2n) is 4.58. The summed E-state index contributed by atoms with van der Waals surface area (Å²) in [4.78, 5) is 2.43. The normalized spacial score (nSPS) is 27.9. The van der Waals surface area contributed by atoms with Crippen molar-refractivity contribution in [3.05, 3.63) is 35.9 Å². The van der Waals surface area contributed by atoms with E-state index in [0.717, 1.165) is 19.5 Å². The van der Waals surface area contributed by atoms with Crippen molar-refractivity contribution in [1.82, 2.24) is 10.2 Å². The van der Waals surface area contributed by atoms with E-state index < -0.39 is 0 Å². The zero-order valence-electron chi connectivity index (χ0n) is 9.61. The molecular weight excluding hydrogens is 184 g/mol. The summed E-state index contributed by atoms with van der Waals surface area (Å²) in [6, 6.07) is 12.0. The van der Waals surface area contributed by atoms with Crippen LogP contribution in [0.1, 0.15) is 12.5 Å². The molecule has 1 aliphatic rings. The third-order valence-electron chi connectivity index (χ3n) is 3.29. The van der Waals surface area contributed by atoms with Crippen LogP contribution < -0.4 is 5.32 Å². The van der Waals surface area contributed by atoms with Crippen LogP contribution >= 0.6 is 0 Å². The Bertz CT molecular complexity index is 297. The predicted octanol–water partition coefficient (Wildman–Crippen LogP) is 1.52. The van der Waals surface area contributed by atoms with Gasteiger partial charge in [0, 0.05) is 25.2 Å². The van der Waals surface area contributed by atoms with Crippen LogP contribution in [0.4, 0.5) is 0 Å². The quantitative estimate of drug-likeness (QED) is 0.786. The first-order valence-corrected chi connectivity index (χ1v) is 5.73. The first kappa shape index (κ1) is 10.7. The molecule has 2 nitrogen and oxygen atoms in total. The van der Waals surface area contributed by atoms with Gasteiger partial charge in [-0.25, -0.2) is 0 Å². The van der Waals surface area contributed by atoms with E-state index in [1.807, 2.05) is 0 Å². The second kappa shape index (κ2) is 4.77. The van der Waals surface area contributed by atoms with Crippen molar-refractivity contribution in [3.63, 3.8) is 0 Å². The fraction of sp³-hybridized carbons (Fsp3) is 0.538. The monoisotopic (exact) mass is 204 g/mol. The molecule has 0 radical (unpaired) electrons. The van der Waals surface area contributed by atoms with Crippen LogP contribution in [0.2, 0.25) is 0 Å². The fourth-order valence-electron chi connectivity index (χ4n) is 2.12. The van der Waals surface area contributed by atoms with Gasteiger partial charge >= 0.3 is 0 Å². The molecule has 0 aromatic heterocycles. The molecule has 0 bridgehead atoms. The number of benzene rings is 1. The van der Waals surface area contributed by atoms with Gasteiger partial charge in [-0.1, -0.05) is 30.3 Å². The summed E-state index contributed by atoms with van der Waals surface area (Å²) in [7, 11) is 2.21. The molecule has 0 spiro atoms. The molecule has 15 heavy (non-hydrogen) atoms. The van der Waals surface area contributed by atoms with Gasteiger partial charge in [0.25, 0.3) is 0 Å². The summed E-state index contributed by atoms with van der Waals surface area (Å²) in [5.74, 6) is 0. The van der Waals surface area contributed by atoms with Crippen molar-refractivity contribution in [2.24, 2.45) is 0 Å². The van der Waals surface area contributed by atoms with E-state index in [9.17, 15) is 0 Å². The highest BCUT2D eigenvalue weighted by Gasteiger charge is 2.21. The van der Waals surface area contributed by atoms with Gasteiger partial charge in [-0.15, -0.1) is 0 Å². The standard InChI is InChI=1S/C13H20N2/c1-11-9-14-13(10-15(11)2)8-12-6-4-3-5-7-12/h3-7,11,13-14H,8-10H2,1-2H3/t11-,13-/m1/s1. The number of hydrogen-bond donors (Lipinski definition) is 1. The van der Waals surface area contributed by atoms with Crippen LogP contribution in [0.25, 0.3) is 0 Å². The van der Waals surface area contributed by atoms with Gasteiger partial charge in [-0.05, 0) is 26.0 Å². The SMILES string of the molecule is C[C@@H]1CN[C@H](Cc2ccccc2)CN1C. The average Bonchev–Trinajstić information content (AvgIpc) is 2.25. The van der Waals surface area contributed by atoms with Gasteiger partial charge in [0.2, 0.25) is 0 Å². The van der Waals surface area contributed by atoms with Crippen LogP contribution in [0.15, 0.2) is 30.3 Å². The molecule has 1 saturated heterocycles. The van der Waals surface area contributed by atoms with Crippen LogP contribution in [0, 0.1) is 0 Å². The second-order valence-corrected chi connectivity index (χ2v) is 4.58. The third-order valence-corrected chi connectivity index (χ3v) is 3.29. The van der Waals surface area contributed by atoms with E-state index in [-0.39, 0.29) is 0 Å². The lowest BCUT2D eigenvalue weighted by Gasteiger charge is -2.36. The third kappa shape index (κ3) is 2.80. The van der Waals surface area contributed by atoms with E-state index in [1.165, 1.54) is 5.56 Å². The Morgan fingerprint density at radius 1 is 1.33 bits per heavy atom. The molecule has 2 atom stereocenters. The molecule has 1 aliphatic heterocycles. The predicted molar refractivity (Wildman–Crippen MR) is 64.0 cm³/mol. The summed E-state index contributed by atoms with van der Waals surface area (Å²) >= 11 is 0. The molecule has 2 rings (SSSR count). The molecule has 1 aromatic rings. The Kier molecular flexibility index (Phi) is 3.39. The number of likely N-dealkylation sites (N-methyl/N-ethyl adjacent to an activating group) is 1. The van der Waals surface area contributed by atoms with Gasteiger partial charge < -0.3 is 10.2 Å². The Balaban J connectivity index is 1.91. The highest BCUT2D eigenvalue weighted by Crippen LogP contribution is 2.09. The molecule has 1 N–H and O–H groups in total. The minimum Gasteiger partial charge on any atom is -0.311 e. The highest BCUT2D eigenvalue weighted by molar-refractivity contribution is 5.16. The maximum atomic E-state index is 3.61. The summed E-state index contributed by atoms with van der Waals surface area (Å²) in [6.45, 7) is 4.52. The molecule has 0 amide bonds. The van der Waals surface area contributed by atoms with Crippen LogP contribution in [-0.2, 0) is 6.42 Å². The van der Waals surface area contributed by atoms with Gasteiger partial charge in [0.1, 0.15) is 0 Å². The number of nitrogens with one attached hydrogen (secondary N) is 1. The number of nitrogens with zero attached hydrogens (tertiary/aromatic N) is 1. The van der Waals surface area contributed by atoms with Gasteiger partial charge in [-0.2, -0.15) is 0 Å². The number of hydrogen-bond acceptors (Lipinski definition) is 2. The van der Waals surface area contributed by atoms with Crippen molar-refractivity contribution in [2.45, 2.75) is 25.4 Å². The largest absolute Gasteiger partial charge is 0.311 e. The summed E-state index contributed by atoms with van der Waals surface area (Å²) in [6.07, 6.45) is 1.14. The van der Waals surface area contributed by atoms with Gasteiger partial charge in [-0.3, -0.25) is 0 Å². The van der Waals surface area contributed by atoms with Gasteiger partial charge in [0.05, 0.1) is 0 Å². The number of piperazine rings is 1. The van der Waals surface area contributed by atoms with Crippen LogP contribution in [0.5, 0.6) is 0 Å². The van der Waals surface area contributed by atoms with Crippen LogP contribution in [-0.4, -0.2) is 37.1 Å². The molecule has 2 heteroatoms. The first-order chi connectivity index (χ1) is 7.25. The van der Waals surface area contributed by atoms with Gasteiger partial charge in [0.15, 0.2) is 0 Å². The van der Waals surface area contributed by atoms with E-state index >= 15 is 0 Å². The molecule has 1 heterocycles. The van der Waals surface area contributed by atoms with Crippen molar-refractivity contribution < 1.29 is 0 Å². The van der Waals surface area contributed by atoms with E-state index in [2.05, 4.69) is 54.5 Å². The summed E-state index contributed by atoms with van der Waals surface area (Å²) in [5, 5.41) is 3.61. The van der Waals surface area contributed by atoms with E-state index in [4.69, 9.17) is 0 Å².